The Kier molecular flexibility index (Phi) is 4.67. The van der Waals surface area contributed by atoms with Gasteiger partial charge in [-0.15, -0.1) is 0 Å². The van der Waals surface area contributed by atoms with Crippen LogP contribution in [0.5, 0.6) is 0 Å². The van der Waals surface area contributed by atoms with E-state index in [1.54, 1.807) is 36.4 Å². The Labute approximate surface area is 166 Å². The van der Waals surface area contributed by atoms with Crippen LogP contribution in [-0.4, -0.2) is 22.6 Å². The van der Waals surface area contributed by atoms with Crippen LogP contribution >= 0.6 is 0 Å². The van der Waals surface area contributed by atoms with Crippen molar-refractivity contribution >= 4 is 23.4 Å². The highest BCUT2D eigenvalue weighted by atomic mass is 16.3. The molecule has 1 aromatic heterocycles. The number of anilines is 1. The first kappa shape index (κ1) is 18.2. The summed E-state index contributed by atoms with van der Waals surface area (Å²) in [6, 6.07) is 16.8. The maximum absolute atomic E-state index is 12.7. The van der Waals surface area contributed by atoms with Crippen molar-refractivity contribution in [3.05, 3.63) is 88.9 Å². The van der Waals surface area contributed by atoms with Gasteiger partial charge >= 0.3 is 0 Å². The second kappa shape index (κ2) is 7.44. The maximum atomic E-state index is 12.7. The van der Waals surface area contributed by atoms with Crippen molar-refractivity contribution < 1.29 is 18.8 Å². The number of rotatable bonds is 5. The predicted molar refractivity (Wildman–Crippen MR) is 103 cm³/mol. The average molecular weight is 385 g/mol. The number of hydrogen-bond acceptors (Lipinski definition) is 5. The van der Waals surface area contributed by atoms with Gasteiger partial charge in [0.05, 0.1) is 36.4 Å². The third kappa shape index (κ3) is 3.51. The van der Waals surface area contributed by atoms with Gasteiger partial charge in [-0.25, -0.2) is 0 Å². The summed E-state index contributed by atoms with van der Waals surface area (Å²) in [5.74, 6) is -0.777. The molecule has 1 aliphatic heterocycles. The predicted octanol–water partition coefficient (Wildman–Crippen LogP) is 3.39. The third-order valence-electron chi connectivity index (χ3n) is 4.62. The molecule has 7 heteroatoms. The molecule has 3 amide bonds. The van der Waals surface area contributed by atoms with Crippen LogP contribution in [0.1, 0.15) is 42.4 Å². The van der Waals surface area contributed by atoms with Gasteiger partial charge in [0.1, 0.15) is 5.76 Å². The lowest BCUT2D eigenvalue weighted by molar-refractivity contribution is 0.0631. The number of furan rings is 1. The molecule has 4 rings (SSSR count). The van der Waals surface area contributed by atoms with Crippen LogP contribution in [0, 0.1) is 11.3 Å². The Hall–Kier alpha value is -4.18. The van der Waals surface area contributed by atoms with Gasteiger partial charge in [-0.1, -0.05) is 12.1 Å². The van der Waals surface area contributed by atoms with Gasteiger partial charge in [0.15, 0.2) is 0 Å². The van der Waals surface area contributed by atoms with E-state index in [1.165, 1.54) is 24.5 Å². The van der Waals surface area contributed by atoms with E-state index in [4.69, 9.17) is 9.68 Å². The van der Waals surface area contributed by atoms with Crippen molar-refractivity contribution in [2.75, 3.05) is 5.32 Å². The summed E-state index contributed by atoms with van der Waals surface area (Å²) in [5, 5.41) is 11.5. The van der Waals surface area contributed by atoms with Crippen LogP contribution in [0.2, 0.25) is 0 Å². The van der Waals surface area contributed by atoms with E-state index in [1.807, 2.05) is 0 Å². The van der Waals surface area contributed by atoms with E-state index >= 15 is 0 Å². The fraction of sp³-hybridized carbons (Fsp3) is 0.0909. The minimum absolute atomic E-state index is 0.0376. The SMILES string of the molecule is N#CCc1ccc(NC(=O)c2ccc3c(c2)C(=O)N(Cc2ccco2)C3=O)cc1. The van der Waals surface area contributed by atoms with Crippen molar-refractivity contribution in [2.24, 2.45) is 0 Å². The molecule has 7 nitrogen and oxygen atoms in total. The van der Waals surface area contributed by atoms with Gasteiger partial charge in [-0.2, -0.15) is 5.26 Å². The second-order valence-corrected chi connectivity index (χ2v) is 6.52. The van der Waals surface area contributed by atoms with E-state index in [2.05, 4.69) is 11.4 Å². The summed E-state index contributed by atoms with van der Waals surface area (Å²) < 4.78 is 5.21. The molecular weight excluding hydrogens is 370 g/mol. The standard InChI is InChI=1S/C22H15N3O4/c23-10-9-14-3-6-16(7-4-14)24-20(26)15-5-8-18-19(12-15)22(28)25(21(18)27)13-17-2-1-11-29-17/h1-8,11-12H,9,13H2,(H,24,26). The van der Waals surface area contributed by atoms with Crippen molar-refractivity contribution in [1.82, 2.24) is 4.90 Å². The zero-order valence-corrected chi connectivity index (χ0v) is 15.2. The molecule has 0 radical (unpaired) electrons. The highest BCUT2D eigenvalue weighted by Gasteiger charge is 2.36. The van der Waals surface area contributed by atoms with Crippen LogP contribution in [0.3, 0.4) is 0 Å². The number of carbonyl (C=O) groups is 3. The number of nitrogens with zero attached hydrogens (tertiary/aromatic N) is 2. The molecule has 0 saturated heterocycles. The lowest BCUT2D eigenvalue weighted by atomic mass is 10.1. The summed E-state index contributed by atoms with van der Waals surface area (Å²) in [4.78, 5) is 38.9. The van der Waals surface area contributed by atoms with E-state index < -0.39 is 17.7 Å². The first-order chi connectivity index (χ1) is 14.1. The first-order valence-electron chi connectivity index (χ1n) is 8.86. The number of nitriles is 1. The molecule has 0 bridgehead atoms. The fourth-order valence-corrected chi connectivity index (χ4v) is 3.13. The number of amides is 3. The van der Waals surface area contributed by atoms with Crippen molar-refractivity contribution in [1.29, 1.82) is 5.26 Å². The zero-order chi connectivity index (χ0) is 20.4. The summed E-state index contributed by atoms with van der Waals surface area (Å²) in [7, 11) is 0. The highest BCUT2D eigenvalue weighted by molar-refractivity contribution is 6.22. The van der Waals surface area contributed by atoms with E-state index in [9.17, 15) is 14.4 Å². The fourth-order valence-electron chi connectivity index (χ4n) is 3.13. The van der Waals surface area contributed by atoms with Crippen LogP contribution in [0.4, 0.5) is 5.69 Å². The molecule has 0 spiro atoms. The number of nitrogens with one attached hydrogen (secondary N) is 1. The number of benzene rings is 2. The molecule has 0 atom stereocenters. The number of imide groups is 1. The number of fused-ring (bicyclic) bond motifs is 1. The Morgan fingerprint density at radius 2 is 1.79 bits per heavy atom. The monoisotopic (exact) mass is 385 g/mol. The minimum atomic E-state index is -0.461. The van der Waals surface area contributed by atoms with Crippen LogP contribution in [0.15, 0.2) is 65.3 Å². The second-order valence-electron chi connectivity index (χ2n) is 6.52. The third-order valence-corrected chi connectivity index (χ3v) is 4.62. The van der Waals surface area contributed by atoms with E-state index in [0.29, 0.717) is 17.9 Å². The van der Waals surface area contributed by atoms with Crippen molar-refractivity contribution in [3.8, 4) is 6.07 Å². The summed E-state index contributed by atoms with van der Waals surface area (Å²) in [5.41, 5.74) is 2.14. The number of hydrogen-bond donors (Lipinski definition) is 1. The smallest absolute Gasteiger partial charge is 0.261 e. The quantitative estimate of drug-likeness (QED) is 0.678. The molecule has 2 heterocycles. The number of carbonyl (C=O) groups excluding carboxylic acids is 3. The van der Waals surface area contributed by atoms with Crippen molar-refractivity contribution in [2.45, 2.75) is 13.0 Å². The normalized spacial score (nSPS) is 12.6. The van der Waals surface area contributed by atoms with Gasteiger partial charge in [0, 0.05) is 11.3 Å². The van der Waals surface area contributed by atoms with Gasteiger partial charge < -0.3 is 9.73 Å². The Bertz CT molecular complexity index is 1140. The lowest BCUT2D eigenvalue weighted by Gasteiger charge is -2.11. The molecular formula is C22H15N3O4. The Morgan fingerprint density at radius 1 is 1.03 bits per heavy atom. The topological polar surface area (TPSA) is 103 Å². The molecule has 0 fully saturated rings. The zero-order valence-electron chi connectivity index (χ0n) is 15.2. The molecule has 1 aliphatic rings. The molecule has 29 heavy (non-hydrogen) atoms. The summed E-state index contributed by atoms with van der Waals surface area (Å²) >= 11 is 0. The summed E-state index contributed by atoms with van der Waals surface area (Å²) in [6.45, 7) is 0.0376. The Morgan fingerprint density at radius 3 is 2.48 bits per heavy atom. The van der Waals surface area contributed by atoms with Gasteiger partial charge in [-0.05, 0) is 48.0 Å². The molecule has 0 aliphatic carbocycles. The summed E-state index contributed by atoms with van der Waals surface area (Å²) in [6.07, 6.45) is 1.77. The molecule has 2 aromatic carbocycles. The molecule has 0 unspecified atom stereocenters. The Balaban J connectivity index is 1.52. The minimum Gasteiger partial charge on any atom is -0.467 e. The molecule has 142 valence electrons. The average Bonchev–Trinajstić information content (AvgIpc) is 3.32. The maximum Gasteiger partial charge on any atom is 0.261 e. The lowest BCUT2D eigenvalue weighted by Crippen LogP contribution is -2.28. The molecule has 0 saturated carbocycles. The van der Waals surface area contributed by atoms with Gasteiger partial charge in [0.2, 0.25) is 0 Å². The van der Waals surface area contributed by atoms with E-state index in [-0.39, 0.29) is 23.2 Å². The highest BCUT2D eigenvalue weighted by Crippen LogP contribution is 2.26. The van der Waals surface area contributed by atoms with Crippen LogP contribution < -0.4 is 5.32 Å². The van der Waals surface area contributed by atoms with Crippen molar-refractivity contribution in [3.63, 3.8) is 0 Å². The molecule has 3 aromatic rings. The van der Waals surface area contributed by atoms with Crippen LogP contribution in [-0.2, 0) is 13.0 Å². The van der Waals surface area contributed by atoms with E-state index in [0.717, 1.165) is 10.5 Å². The first-order valence-corrected chi connectivity index (χ1v) is 8.86. The van der Waals surface area contributed by atoms with Gasteiger partial charge in [0.25, 0.3) is 17.7 Å². The largest absolute Gasteiger partial charge is 0.467 e. The van der Waals surface area contributed by atoms with Crippen LogP contribution in [0.25, 0.3) is 0 Å². The molecule has 1 N–H and O–H groups in total. The van der Waals surface area contributed by atoms with Gasteiger partial charge in [-0.3, -0.25) is 19.3 Å².